The fraction of sp³-hybridized carbons (Fsp3) is 0.286. The van der Waals surface area contributed by atoms with Crippen LogP contribution >= 0.6 is 11.3 Å². The van der Waals surface area contributed by atoms with Gasteiger partial charge in [0.05, 0.1) is 0 Å². The van der Waals surface area contributed by atoms with E-state index in [4.69, 9.17) is 5.26 Å². The van der Waals surface area contributed by atoms with Crippen LogP contribution in [0.5, 0.6) is 0 Å². The van der Waals surface area contributed by atoms with Crippen LogP contribution < -0.4 is 5.32 Å². The molecule has 1 aliphatic rings. The Kier molecular flexibility index (Phi) is 4.69. The van der Waals surface area contributed by atoms with Crippen molar-refractivity contribution in [1.29, 1.82) is 5.26 Å². The lowest BCUT2D eigenvalue weighted by Crippen LogP contribution is -2.38. The van der Waals surface area contributed by atoms with Gasteiger partial charge < -0.3 is 5.32 Å². The van der Waals surface area contributed by atoms with Crippen LogP contribution in [0.4, 0.5) is 5.69 Å². The maximum Gasteiger partial charge on any atom is 0.110 e. The van der Waals surface area contributed by atoms with Gasteiger partial charge in [0.15, 0.2) is 0 Å². The number of rotatable bonds is 4. The second-order valence-electron chi connectivity index (χ2n) is 6.66. The van der Waals surface area contributed by atoms with Crippen molar-refractivity contribution in [3.8, 4) is 6.07 Å². The highest BCUT2D eigenvalue weighted by atomic mass is 32.1. The Morgan fingerprint density at radius 2 is 1.88 bits per heavy atom. The Morgan fingerprint density at radius 1 is 1.08 bits per heavy atom. The van der Waals surface area contributed by atoms with Gasteiger partial charge in [0.2, 0.25) is 0 Å². The SMILES string of the molecule is N#Cc1cc2cc(NC3CCN(Cc4ccccc4)CC3)ccc2s1. The fourth-order valence-corrected chi connectivity index (χ4v) is 4.34. The summed E-state index contributed by atoms with van der Waals surface area (Å²) in [6, 6.07) is 21.9. The molecule has 1 N–H and O–H groups in total. The minimum Gasteiger partial charge on any atom is -0.382 e. The fourth-order valence-electron chi connectivity index (χ4n) is 3.50. The molecule has 1 saturated heterocycles. The Morgan fingerprint density at radius 3 is 2.64 bits per heavy atom. The number of piperidine rings is 1. The van der Waals surface area contributed by atoms with Crippen LogP contribution in [-0.2, 0) is 6.54 Å². The van der Waals surface area contributed by atoms with Gasteiger partial charge in [0, 0.05) is 36.1 Å². The van der Waals surface area contributed by atoms with Crippen LogP contribution in [0.15, 0.2) is 54.6 Å². The molecule has 0 spiro atoms. The lowest BCUT2D eigenvalue weighted by molar-refractivity contribution is 0.211. The molecule has 0 unspecified atom stereocenters. The van der Waals surface area contributed by atoms with Gasteiger partial charge in [-0.05, 0) is 48.1 Å². The smallest absolute Gasteiger partial charge is 0.110 e. The number of nitrogens with one attached hydrogen (secondary N) is 1. The van der Waals surface area contributed by atoms with Crippen molar-refractivity contribution in [2.45, 2.75) is 25.4 Å². The number of nitrogens with zero attached hydrogens (tertiary/aromatic N) is 2. The molecule has 0 amide bonds. The predicted octanol–water partition coefficient (Wildman–Crippen LogP) is 4.85. The van der Waals surface area contributed by atoms with Crippen LogP contribution in [-0.4, -0.2) is 24.0 Å². The van der Waals surface area contributed by atoms with E-state index in [-0.39, 0.29) is 0 Å². The molecule has 0 aliphatic carbocycles. The number of benzene rings is 2. The van der Waals surface area contributed by atoms with Gasteiger partial charge in [-0.25, -0.2) is 0 Å². The molecular formula is C21H21N3S. The standard InChI is InChI=1S/C21H21N3S/c22-14-20-13-17-12-19(6-7-21(17)25-20)23-18-8-10-24(11-9-18)15-16-4-2-1-3-5-16/h1-7,12-13,18,23H,8-11,15H2. The van der Waals surface area contributed by atoms with Crippen molar-refractivity contribution >= 4 is 27.1 Å². The third-order valence-corrected chi connectivity index (χ3v) is 5.85. The molecule has 0 radical (unpaired) electrons. The monoisotopic (exact) mass is 347 g/mol. The average molecular weight is 347 g/mol. The highest BCUT2D eigenvalue weighted by Gasteiger charge is 2.19. The molecule has 1 fully saturated rings. The molecule has 4 rings (SSSR count). The van der Waals surface area contributed by atoms with Gasteiger partial charge in [-0.2, -0.15) is 5.26 Å². The minimum atomic E-state index is 0.526. The molecule has 3 aromatic rings. The second-order valence-corrected chi connectivity index (χ2v) is 7.74. The lowest BCUT2D eigenvalue weighted by atomic mass is 10.0. The molecule has 126 valence electrons. The van der Waals surface area contributed by atoms with Crippen LogP contribution in [0, 0.1) is 11.3 Å². The van der Waals surface area contributed by atoms with Crippen molar-refractivity contribution in [2.24, 2.45) is 0 Å². The van der Waals surface area contributed by atoms with Crippen molar-refractivity contribution in [3.05, 3.63) is 65.0 Å². The molecule has 1 aliphatic heterocycles. The third kappa shape index (κ3) is 3.84. The molecule has 0 bridgehead atoms. The number of likely N-dealkylation sites (tertiary alicyclic amines) is 1. The molecule has 2 heterocycles. The van der Waals surface area contributed by atoms with Crippen LogP contribution in [0.3, 0.4) is 0 Å². The van der Waals surface area contributed by atoms with Crippen molar-refractivity contribution in [3.63, 3.8) is 0 Å². The first-order valence-electron chi connectivity index (χ1n) is 8.77. The second kappa shape index (κ2) is 7.26. The number of hydrogen-bond acceptors (Lipinski definition) is 4. The molecule has 0 atom stereocenters. The summed E-state index contributed by atoms with van der Waals surface area (Å²) in [6.45, 7) is 3.31. The van der Waals surface area contributed by atoms with Crippen molar-refractivity contribution in [1.82, 2.24) is 4.90 Å². The topological polar surface area (TPSA) is 39.1 Å². The van der Waals surface area contributed by atoms with Gasteiger partial charge >= 0.3 is 0 Å². The summed E-state index contributed by atoms with van der Waals surface area (Å²) in [4.78, 5) is 3.32. The van der Waals surface area contributed by atoms with E-state index >= 15 is 0 Å². The van der Waals surface area contributed by atoms with E-state index in [0.717, 1.165) is 48.4 Å². The molecule has 3 nitrogen and oxygen atoms in total. The summed E-state index contributed by atoms with van der Waals surface area (Å²) in [5.41, 5.74) is 2.56. The van der Waals surface area contributed by atoms with Gasteiger partial charge in [0.25, 0.3) is 0 Å². The van der Waals surface area contributed by atoms with E-state index < -0.39 is 0 Å². The molecule has 2 aromatic carbocycles. The van der Waals surface area contributed by atoms with E-state index in [1.807, 2.05) is 6.07 Å². The number of hydrogen-bond donors (Lipinski definition) is 1. The van der Waals surface area contributed by atoms with Crippen LogP contribution in [0.2, 0.25) is 0 Å². The van der Waals surface area contributed by atoms with Crippen LogP contribution in [0.25, 0.3) is 10.1 Å². The first-order valence-corrected chi connectivity index (χ1v) is 9.58. The maximum atomic E-state index is 9.04. The summed E-state index contributed by atoms with van der Waals surface area (Å²) in [5.74, 6) is 0. The van der Waals surface area contributed by atoms with E-state index in [1.54, 1.807) is 11.3 Å². The Labute approximate surface area is 152 Å². The summed E-state index contributed by atoms with van der Waals surface area (Å²) in [7, 11) is 0. The zero-order valence-corrected chi connectivity index (χ0v) is 14.9. The van der Waals surface area contributed by atoms with Crippen LogP contribution in [0.1, 0.15) is 23.3 Å². The number of nitriles is 1. The molecule has 0 saturated carbocycles. The quantitative estimate of drug-likeness (QED) is 0.733. The normalized spacial score (nSPS) is 16.0. The number of anilines is 1. The molecule has 25 heavy (non-hydrogen) atoms. The highest BCUT2D eigenvalue weighted by Crippen LogP contribution is 2.28. The summed E-state index contributed by atoms with van der Waals surface area (Å²) in [6.07, 6.45) is 2.33. The zero-order chi connectivity index (χ0) is 17.1. The molecule has 4 heteroatoms. The molecule has 1 aromatic heterocycles. The van der Waals surface area contributed by atoms with E-state index in [9.17, 15) is 0 Å². The summed E-state index contributed by atoms with van der Waals surface area (Å²) in [5, 5.41) is 13.9. The first-order chi connectivity index (χ1) is 12.3. The van der Waals surface area contributed by atoms with E-state index in [2.05, 4.69) is 64.8 Å². The van der Waals surface area contributed by atoms with Gasteiger partial charge in [-0.1, -0.05) is 30.3 Å². The van der Waals surface area contributed by atoms with Gasteiger partial charge in [-0.3, -0.25) is 4.90 Å². The predicted molar refractivity (Wildman–Crippen MR) is 105 cm³/mol. The zero-order valence-electron chi connectivity index (χ0n) is 14.1. The van der Waals surface area contributed by atoms with E-state index in [1.165, 1.54) is 10.3 Å². The molecular weight excluding hydrogens is 326 g/mol. The maximum absolute atomic E-state index is 9.04. The highest BCUT2D eigenvalue weighted by molar-refractivity contribution is 7.19. The van der Waals surface area contributed by atoms with Crippen molar-refractivity contribution in [2.75, 3.05) is 18.4 Å². The lowest BCUT2D eigenvalue weighted by Gasteiger charge is -2.33. The number of fused-ring (bicyclic) bond motifs is 1. The van der Waals surface area contributed by atoms with Gasteiger partial charge in [0.1, 0.15) is 10.9 Å². The Bertz CT molecular complexity index is 886. The minimum absolute atomic E-state index is 0.526. The Hall–Kier alpha value is -2.35. The van der Waals surface area contributed by atoms with E-state index in [0.29, 0.717) is 6.04 Å². The third-order valence-electron chi connectivity index (χ3n) is 4.83. The summed E-state index contributed by atoms with van der Waals surface area (Å²) < 4.78 is 1.18. The Balaban J connectivity index is 1.34. The summed E-state index contributed by atoms with van der Waals surface area (Å²) >= 11 is 1.56. The number of thiophene rings is 1. The first kappa shape index (κ1) is 16.1. The van der Waals surface area contributed by atoms with Gasteiger partial charge in [-0.15, -0.1) is 11.3 Å². The van der Waals surface area contributed by atoms with Crippen molar-refractivity contribution < 1.29 is 0 Å². The largest absolute Gasteiger partial charge is 0.382 e. The average Bonchev–Trinajstić information content (AvgIpc) is 3.07.